The Balaban J connectivity index is 0.00000208. The summed E-state index contributed by atoms with van der Waals surface area (Å²) in [4.78, 5) is -0.510. The molecule has 0 radical (unpaired) electrons. The molecular formula is C16H17Cl2FN2O2S. The van der Waals surface area contributed by atoms with Gasteiger partial charge >= 0.3 is 0 Å². The zero-order chi connectivity index (χ0) is 16.6. The number of hydrogen-bond acceptors (Lipinski definition) is 3. The Morgan fingerprint density at radius 2 is 2.00 bits per heavy atom. The van der Waals surface area contributed by atoms with E-state index >= 15 is 0 Å². The third-order valence-corrected chi connectivity index (χ3v) is 5.94. The molecule has 0 amide bonds. The van der Waals surface area contributed by atoms with Crippen LogP contribution in [-0.2, 0) is 16.4 Å². The van der Waals surface area contributed by atoms with Gasteiger partial charge in [0.05, 0.1) is 5.02 Å². The van der Waals surface area contributed by atoms with E-state index in [9.17, 15) is 12.8 Å². The van der Waals surface area contributed by atoms with Crippen LogP contribution in [-0.4, -0.2) is 8.42 Å². The first-order valence-corrected chi connectivity index (χ1v) is 9.09. The van der Waals surface area contributed by atoms with Crippen LogP contribution in [0.2, 0.25) is 5.02 Å². The number of anilines is 1. The Hall–Kier alpha value is -1.34. The lowest BCUT2D eigenvalue weighted by molar-refractivity contribution is 0.502. The van der Waals surface area contributed by atoms with E-state index < -0.39 is 26.8 Å². The number of nitrogen functional groups attached to an aromatic ring is 1. The van der Waals surface area contributed by atoms with E-state index in [-0.39, 0.29) is 17.4 Å². The number of sulfonamides is 1. The van der Waals surface area contributed by atoms with E-state index in [1.807, 2.05) is 12.1 Å². The number of fused-ring (bicyclic) bond motifs is 1. The molecule has 2 aromatic rings. The zero-order valence-corrected chi connectivity index (χ0v) is 15.0. The normalized spacial score (nSPS) is 17.0. The van der Waals surface area contributed by atoms with Gasteiger partial charge in [-0.3, -0.25) is 0 Å². The number of halogens is 3. The van der Waals surface area contributed by atoms with E-state index in [4.69, 9.17) is 17.3 Å². The molecule has 0 saturated heterocycles. The number of rotatable bonds is 3. The second kappa shape index (κ2) is 7.27. The molecule has 0 aromatic heterocycles. The standard InChI is InChI=1S/C16H16ClFN2O2S.ClH/c17-13-4-2-5-14(18)16(13)23(21,22)20-15-6-1-3-10-9-11(19)7-8-12(10)15;/h2,4-5,7-9,15,20H,1,3,6,19H2;1H. The second-order valence-corrected chi connectivity index (χ2v) is 7.63. The smallest absolute Gasteiger partial charge is 0.245 e. The van der Waals surface area contributed by atoms with Crippen molar-refractivity contribution in [1.29, 1.82) is 0 Å². The summed E-state index contributed by atoms with van der Waals surface area (Å²) >= 11 is 5.88. The van der Waals surface area contributed by atoms with Gasteiger partial charge in [-0.25, -0.2) is 17.5 Å². The summed E-state index contributed by atoms with van der Waals surface area (Å²) in [5.41, 5.74) is 8.32. The summed E-state index contributed by atoms with van der Waals surface area (Å²) in [6.45, 7) is 0. The predicted octanol–water partition coefficient (Wildman–Crippen LogP) is 3.84. The molecule has 0 heterocycles. The minimum absolute atomic E-state index is 0. The lowest BCUT2D eigenvalue weighted by atomic mass is 9.88. The molecule has 3 N–H and O–H groups in total. The molecule has 1 atom stereocenters. The number of nitrogens with one attached hydrogen (secondary N) is 1. The molecule has 0 bridgehead atoms. The maximum atomic E-state index is 13.9. The van der Waals surface area contributed by atoms with Crippen molar-refractivity contribution in [2.24, 2.45) is 0 Å². The monoisotopic (exact) mass is 390 g/mol. The van der Waals surface area contributed by atoms with E-state index in [2.05, 4.69) is 4.72 Å². The van der Waals surface area contributed by atoms with Crippen LogP contribution in [0.3, 0.4) is 0 Å². The van der Waals surface area contributed by atoms with Crippen molar-refractivity contribution >= 4 is 39.7 Å². The minimum Gasteiger partial charge on any atom is -0.399 e. The highest BCUT2D eigenvalue weighted by atomic mass is 35.5. The Kier molecular flexibility index (Phi) is 5.75. The molecule has 4 nitrogen and oxygen atoms in total. The van der Waals surface area contributed by atoms with Crippen LogP contribution in [0.1, 0.15) is 30.0 Å². The third kappa shape index (κ3) is 3.67. The maximum absolute atomic E-state index is 13.9. The first kappa shape index (κ1) is 19.0. The minimum atomic E-state index is -4.06. The molecule has 0 fully saturated rings. The van der Waals surface area contributed by atoms with E-state index in [1.165, 1.54) is 12.1 Å². The molecule has 1 aliphatic carbocycles. The van der Waals surface area contributed by atoms with Crippen LogP contribution in [0.5, 0.6) is 0 Å². The summed E-state index contributed by atoms with van der Waals surface area (Å²) in [6, 6.07) is 8.80. The molecule has 3 rings (SSSR count). The molecule has 8 heteroatoms. The van der Waals surface area contributed by atoms with Crippen molar-refractivity contribution in [2.75, 3.05) is 5.73 Å². The average molecular weight is 391 g/mol. The summed E-state index contributed by atoms with van der Waals surface area (Å²) in [6.07, 6.45) is 2.32. The van der Waals surface area contributed by atoms with Crippen molar-refractivity contribution < 1.29 is 12.8 Å². The highest BCUT2D eigenvalue weighted by molar-refractivity contribution is 7.89. The van der Waals surface area contributed by atoms with E-state index in [0.717, 1.165) is 30.0 Å². The zero-order valence-electron chi connectivity index (χ0n) is 12.6. The van der Waals surface area contributed by atoms with Crippen LogP contribution in [0, 0.1) is 5.82 Å². The fourth-order valence-electron chi connectivity index (χ4n) is 2.94. The first-order valence-electron chi connectivity index (χ1n) is 7.23. The van der Waals surface area contributed by atoms with Crippen molar-refractivity contribution in [2.45, 2.75) is 30.2 Å². The summed E-state index contributed by atoms with van der Waals surface area (Å²) in [5, 5.41) is -0.133. The Morgan fingerprint density at radius 3 is 2.71 bits per heavy atom. The van der Waals surface area contributed by atoms with Gasteiger partial charge in [-0.1, -0.05) is 23.7 Å². The molecule has 0 spiro atoms. The SMILES string of the molecule is Cl.Nc1ccc2c(c1)CCCC2NS(=O)(=O)c1c(F)cccc1Cl. The van der Waals surface area contributed by atoms with Gasteiger partial charge in [-0.15, -0.1) is 12.4 Å². The molecule has 0 saturated carbocycles. The van der Waals surface area contributed by atoms with Gasteiger partial charge in [-0.05, 0) is 54.7 Å². The highest BCUT2D eigenvalue weighted by Gasteiger charge is 2.29. The molecule has 2 aromatic carbocycles. The third-order valence-electron chi connectivity index (χ3n) is 3.97. The fourth-order valence-corrected chi connectivity index (χ4v) is 4.80. The summed E-state index contributed by atoms with van der Waals surface area (Å²) < 4.78 is 41.6. The van der Waals surface area contributed by atoms with Crippen LogP contribution in [0.15, 0.2) is 41.3 Å². The van der Waals surface area contributed by atoms with Crippen molar-refractivity contribution in [3.05, 3.63) is 58.4 Å². The molecule has 1 unspecified atom stereocenters. The Bertz CT molecular complexity index is 839. The van der Waals surface area contributed by atoms with Crippen LogP contribution in [0.4, 0.5) is 10.1 Å². The Labute approximate surface area is 151 Å². The predicted molar refractivity (Wildman–Crippen MR) is 95.5 cm³/mol. The largest absolute Gasteiger partial charge is 0.399 e. The number of hydrogen-bond donors (Lipinski definition) is 2. The fraction of sp³-hybridized carbons (Fsp3) is 0.250. The average Bonchev–Trinajstić information content (AvgIpc) is 2.46. The van der Waals surface area contributed by atoms with E-state index in [0.29, 0.717) is 12.1 Å². The molecule has 0 aliphatic heterocycles. The van der Waals surface area contributed by atoms with Gasteiger partial charge in [0.2, 0.25) is 10.0 Å². The van der Waals surface area contributed by atoms with Gasteiger partial charge in [0.25, 0.3) is 0 Å². The van der Waals surface area contributed by atoms with Crippen molar-refractivity contribution in [3.63, 3.8) is 0 Å². The van der Waals surface area contributed by atoms with Crippen LogP contribution < -0.4 is 10.5 Å². The quantitative estimate of drug-likeness (QED) is 0.781. The van der Waals surface area contributed by atoms with Gasteiger partial charge in [0.1, 0.15) is 10.7 Å². The number of aryl methyl sites for hydroxylation is 1. The van der Waals surface area contributed by atoms with Gasteiger partial charge in [0, 0.05) is 11.7 Å². The lowest BCUT2D eigenvalue weighted by Crippen LogP contribution is -2.31. The van der Waals surface area contributed by atoms with Crippen LogP contribution >= 0.6 is 24.0 Å². The van der Waals surface area contributed by atoms with Gasteiger partial charge < -0.3 is 5.73 Å². The highest BCUT2D eigenvalue weighted by Crippen LogP contribution is 2.33. The first-order chi connectivity index (χ1) is 10.9. The van der Waals surface area contributed by atoms with Crippen molar-refractivity contribution in [1.82, 2.24) is 4.72 Å². The topological polar surface area (TPSA) is 72.2 Å². The van der Waals surface area contributed by atoms with Gasteiger partial charge in [-0.2, -0.15) is 0 Å². The molecule has 1 aliphatic rings. The molecule has 130 valence electrons. The number of benzene rings is 2. The Morgan fingerprint density at radius 1 is 1.25 bits per heavy atom. The lowest BCUT2D eigenvalue weighted by Gasteiger charge is -2.26. The summed E-state index contributed by atoms with van der Waals surface area (Å²) in [5.74, 6) is -0.863. The van der Waals surface area contributed by atoms with Crippen molar-refractivity contribution in [3.8, 4) is 0 Å². The van der Waals surface area contributed by atoms with Gasteiger partial charge in [0.15, 0.2) is 0 Å². The molecular weight excluding hydrogens is 374 g/mol. The second-order valence-electron chi connectivity index (χ2n) is 5.58. The number of nitrogens with two attached hydrogens (primary N) is 1. The summed E-state index contributed by atoms with van der Waals surface area (Å²) in [7, 11) is -4.06. The van der Waals surface area contributed by atoms with Crippen LogP contribution in [0.25, 0.3) is 0 Å². The molecule has 24 heavy (non-hydrogen) atoms. The maximum Gasteiger partial charge on any atom is 0.245 e. The van der Waals surface area contributed by atoms with E-state index in [1.54, 1.807) is 6.07 Å².